The molecule has 0 saturated carbocycles. The fourth-order valence-corrected chi connectivity index (χ4v) is 1.79. The second-order valence-corrected chi connectivity index (χ2v) is 4.73. The van der Waals surface area contributed by atoms with Gasteiger partial charge in [0.05, 0.1) is 5.75 Å². The molecule has 90 valence electrons. The quantitative estimate of drug-likeness (QED) is 0.611. The molecular formula is C10H15NO4S. The fourth-order valence-electron chi connectivity index (χ4n) is 1.30. The summed E-state index contributed by atoms with van der Waals surface area (Å²) >= 11 is 0. The highest BCUT2D eigenvalue weighted by Gasteiger charge is 2.09. The zero-order valence-electron chi connectivity index (χ0n) is 8.78. The lowest BCUT2D eigenvalue weighted by molar-refractivity contribution is -0.698. The van der Waals surface area contributed by atoms with E-state index in [1.54, 1.807) is 6.08 Å². The first-order valence-corrected chi connectivity index (χ1v) is 6.20. The Hall–Kier alpha value is -1.24. The Kier molecular flexibility index (Phi) is 5.87. The Bertz CT molecular complexity index is 442. The van der Waals surface area contributed by atoms with Crippen LogP contribution in [0.1, 0.15) is 12.1 Å². The van der Waals surface area contributed by atoms with Crippen LogP contribution in [0, 0.1) is 0 Å². The summed E-state index contributed by atoms with van der Waals surface area (Å²) < 4.78 is 31.5. The third-order valence-corrected chi connectivity index (χ3v) is 2.79. The van der Waals surface area contributed by atoms with Crippen molar-refractivity contribution in [1.29, 1.82) is 0 Å². The molecule has 0 aromatic carbocycles. The minimum Gasteiger partial charge on any atom is -0.870 e. The zero-order valence-corrected chi connectivity index (χ0v) is 9.60. The molecule has 5 nitrogen and oxygen atoms in total. The molecule has 2 N–H and O–H groups in total. The first-order valence-electron chi connectivity index (χ1n) is 4.59. The molecule has 0 unspecified atom stereocenters. The smallest absolute Gasteiger partial charge is 0.265 e. The SMILES string of the molecule is C=Cc1cccc[n+]1CCCS(=O)(=O)O.[OH-]. The third kappa shape index (κ3) is 5.01. The molecule has 1 rings (SSSR count). The first-order chi connectivity index (χ1) is 7.03. The van der Waals surface area contributed by atoms with E-state index < -0.39 is 10.1 Å². The number of hydrogen-bond donors (Lipinski definition) is 1. The second kappa shape index (κ2) is 6.37. The number of pyridine rings is 1. The fraction of sp³-hybridized carbons (Fsp3) is 0.300. The van der Waals surface area contributed by atoms with Crippen molar-refractivity contribution in [3.8, 4) is 0 Å². The average molecular weight is 245 g/mol. The third-order valence-electron chi connectivity index (χ3n) is 1.99. The van der Waals surface area contributed by atoms with Crippen LogP contribution in [0.15, 0.2) is 31.0 Å². The van der Waals surface area contributed by atoms with Crippen LogP contribution in [-0.4, -0.2) is 24.2 Å². The molecule has 1 aromatic rings. The molecule has 0 amide bonds. The first kappa shape index (κ1) is 14.8. The largest absolute Gasteiger partial charge is 0.870 e. The molecular weight excluding hydrogens is 230 g/mol. The lowest BCUT2D eigenvalue weighted by atomic mass is 10.3. The topological polar surface area (TPSA) is 88.2 Å². The maximum Gasteiger partial charge on any atom is 0.265 e. The summed E-state index contributed by atoms with van der Waals surface area (Å²) in [5.74, 6) is -0.217. The number of rotatable bonds is 5. The van der Waals surface area contributed by atoms with E-state index >= 15 is 0 Å². The minimum atomic E-state index is -3.85. The van der Waals surface area contributed by atoms with Gasteiger partial charge >= 0.3 is 0 Å². The van der Waals surface area contributed by atoms with E-state index in [0.717, 1.165) is 5.69 Å². The molecule has 0 atom stereocenters. The van der Waals surface area contributed by atoms with Crippen molar-refractivity contribution < 1.29 is 23.0 Å². The molecule has 16 heavy (non-hydrogen) atoms. The molecule has 0 aliphatic heterocycles. The molecule has 1 heterocycles. The van der Waals surface area contributed by atoms with Crippen molar-refractivity contribution in [2.24, 2.45) is 0 Å². The Morgan fingerprint density at radius 2 is 2.12 bits per heavy atom. The van der Waals surface area contributed by atoms with Crippen LogP contribution in [0.5, 0.6) is 0 Å². The number of hydrogen-bond acceptors (Lipinski definition) is 3. The van der Waals surface area contributed by atoms with E-state index in [-0.39, 0.29) is 11.2 Å². The van der Waals surface area contributed by atoms with Crippen molar-refractivity contribution in [1.82, 2.24) is 0 Å². The van der Waals surface area contributed by atoms with E-state index in [0.29, 0.717) is 13.0 Å². The van der Waals surface area contributed by atoms with Crippen LogP contribution < -0.4 is 4.57 Å². The van der Waals surface area contributed by atoms with Gasteiger partial charge in [0.2, 0.25) is 5.69 Å². The van der Waals surface area contributed by atoms with Gasteiger partial charge in [-0.05, 0) is 6.07 Å². The second-order valence-electron chi connectivity index (χ2n) is 3.16. The van der Waals surface area contributed by atoms with E-state index in [9.17, 15) is 8.42 Å². The van der Waals surface area contributed by atoms with Gasteiger partial charge in [0.25, 0.3) is 10.1 Å². The van der Waals surface area contributed by atoms with Gasteiger partial charge < -0.3 is 5.48 Å². The molecule has 0 aliphatic rings. The van der Waals surface area contributed by atoms with Gasteiger partial charge in [0, 0.05) is 24.6 Å². The van der Waals surface area contributed by atoms with Gasteiger partial charge in [-0.2, -0.15) is 13.0 Å². The maximum atomic E-state index is 10.5. The monoisotopic (exact) mass is 245 g/mol. The predicted molar refractivity (Wildman–Crippen MR) is 59.7 cm³/mol. The summed E-state index contributed by atoms with van der Waals surface area (Å²) in [7, 11) is -3.85. The molecule has 0 radical (unpaired) electrons. The van der Waals surface area contributed by atoms with E-state index in [4.69, 9.17) is 4.55 Å². The van der Waals surface area contributed by atoms with Gasteiger partial charge in [-0.15, -0.1) is 0 Å². The van der Waals surface area contributed by atoms with Crippen molar-refractivity contribution >= 4 is 16.2 Å². The van der Waals surface area contributed by atoms with Crippen LogP contribution in [0.4, 0.5) is 0 Å². The molecule has 0 fully saturated rings. The van der Waals surface area contributed by atoms with Gasteiger partial charge in [-0.1, -0.05) is 6.58 Å². The van der Waals surface area contributed by atoms with Crippen molar-refractivity contribution in [2.45, 2.75) is 13.0 Å². The van der Waals surface area contributed by atoms with Gasteiger partial charge in [0.1, 0.15) is 6.54 Å². The average Bonchev–Trinajstić information content (AvgIpc) is 2.16. The Labute approximate surface area is 95.1 Å². The summed E-state index contributed by atoms with van der Waals surface area (Å²) in [5, 5.41) is 0. The minimum absolute atomic E-state index is 0. The Morgan fingerprint density at radius 3 is 2.69 bits per heavy atom. The van der Waals surface area contributed by atoms with Gasteiger partial charge in [-0.3, -0.25) is 4.55 Å². The molecule has 0 bridgehead atoms. The van der Waals surface area contributed by atoms with Crippen LogP contribution in [0.2, 0.25) is 0 Å². The van der Waals surface area contributed by atoms with Crippen molar-refractivity contribution in [2.75, 3.05) is 5.75 Å². The van der Waals surface area contributed by atoms with E-state index in [2.05, 4.69) is 6.58 Å². The van der Waals surface area contributed by atoms with Gasteiger partial charge in [0.15, 0.2) is 6.20 Å². The highest BCUT2D eigenvalue weighted by molar-refractivity contribution is 7.85. The molecule has 0 aliphatic carbocycles. The zero-order chi connectivity index (χ0) is 11.3. The van der Waals surface area contributed by atoms with Crippen LogP contribution in [0.3, 0.4) is 0 Å². The normalized spacial score (nSPS) is 10.6. The van der Waals surface area contributed by atoms with E-state index in [1.807, 2.05) is 29.0 Å². The molecule has 6 heteroatoms. The summed E-state index contributed by atoms with van der Waals surface area (Å²) in [6.45, 7) is 4.20. The molecule has 0 saturated heterocycles. The van der Waals surface area contributed by atoms with Crippen LogP contribution in [-0.2, 0) is 16.7 Å². The highest BCUT2D eigenvalue weighted by Crippen LogP contribution is 1.95. The molecule has 0 spiro atoms. The molecule has 1 aromatic heterocycles. The lowest BCUT2D eigenvalue weighted by Gasteiger charge is -1.99. The van der Waals surface area contributed by atoms with Crippen LogP contribution in [0.25, 0.3) is 6.08 Å². The summed E-state index contributed by atoms with van der Waals surface area (Å²) in [6, 6.07) is 5.64. The predicted octanol–water partition coefficient (Wildman–Crippen LogP) is 0.718. The highest BCUT2D eigenvalue weighted by atomic mass is 32.2. The van der Waals surface area contributed by atoms with Crippen LogP contribution >= 0.6 is 0 Å². The lowest BCUT2D eigenvalue weighted by Crippen LogP contribution is -2.37. The van der Waals surface area contributed by atoms with Gasteiger partial charge in [-0.25, -0.2) is 0 Å². The summed E-state index contributed by atoms with van der Waals surface area (Å²) in [5.41, 5.74) is 0.924. The number of aromatic nitrogens is 1. The standard InChI is InChI=1S/C10H13NO3S.H2O/c1-2-10-6-3-4-7-11(10)8-5-9-15(12,13)14;/h2-4,6-7H,1,5,8-9H2;1H2. The number of aryl methyl sites for hydroxylation is 1. The Morgan fingerprint density at radius 1 is 1.44 bits per heavy atom. The Balaban J connectivity index is 0.00000225. The summed E-state index contributed by atoms with van der Waals surface area (Å²) in [6.07, 6.45) is 3.93. The summed E-state index contributed by atoms with van der Waals surface area (Å²) in [4.78, 5) is 0. The number of nitrogens with zero attached hydrogens (tertiary/aromatic N) is 1. The van der Waals surface area contributed by atoms with E-state index in [1.165, 1.54) is 0 Å². The maximum absolute atomic E-state index is 10.5. The van der Waals surface area contributed by atoms with Crippen molar-refractivity contribution in [3.05, 3.63) is 36.7 Å². The van der Waals surface area contributed by atoms with Crippen molar-refractivity contribution in [3.63, 3.8) is 0 Å².